The number of anilines is 1. The van der Waals surface area contributed by atoms with Crippen LogP contribution in [0.3, 0.4) is 0 Å². The number of nitrogens with two attached hydrogens (primary N) is 1. The molecule has 4 nitrogen and oxygen atoms in total. The van der Waals surface area contributed by atoms with Crippen LogP contribution in [-0.2, 0) is 12.8 Å². The first kappa shape index (κ1) is 16.3. The van der Waals surface area contributed by atoms with Crippen molar-refractivity contribution in [1.29, 1.82) is 0 Å². The van der Waals surface area contributed by atoms with Crippen molar-refractivity contribution >= 4 is 16.5 Å². The van der Waals surface area contributed by atoms with Gasteiger partial charge in [-0.2, -0.15) is 4.98 Å². The zero-order valence-electron chi connectivity index (χ0n) is 14.6. The molecule has 130 valence electrons. The summed E-state index contributed by atoms with van der Waals surface area (Å²) in [7, 11) is 0. The summed E-state index contributed by atoms with van der Waals surface area (Å²) in [6, 6.07) is 22.4. The molecule has 2 N–H and O–H groups in total. The first-order valence-electron chi connectivity index (χ1n) is 8.95. The van der Waals surface area contributed by atoms with Crippen LogP contribution < -0.4 is 5.73 Å². The fraction of sp³-hybridized carbons (Fsp3) is 0.182. The van der Waals surface area contributed by atoms with Gasteiger partial charge in [0.25, 0.3) is 0 Å². The molecular formula is C22H21N3O. The standard InChI is InChI=1S/C22H21N3O/c23-20-15-14-19(17-11-5-6-12-18(17)20)22-24-21(26-25-22)13-7-4-10-16-8-2-1-3-9-16/h1-3,5-6,8-9,11-12,14-15H,4,7,10,13,23H2. The Kier molecular flexibility index (Phi) is 4.65. The van der Waals surface area contributed by atoms with E-state index in [1.165, 1.54) is 5.56 Å². The monoisotopic (exact) mass is 343 g/mol. The summed E-state index contributed by atoms with van der Waals surface area (Å²) in [5.74, 6) is 1.31. The number of aromatic nitrogens is 2. The first-order chi connectivity index (χ1) is 12.8. The smallest absolute Gasteiger partial charge is 0.226 e. The first-order valence-corrected chi connectivity index (χ1v) is 8.95. The van der Waals surface area contributed by atoms with Gasteiger partial charge in [-0.05, 0) is 42.3 Å². The van der Waals surface area contributed by atoms with Crippen LogP contribution in [0.4, 0.5) is 5.69 Å². The molecule has 0 unspecified atom stereocenters. The zero-order chi connectivity index (χ0) is 17.8. The molecule has 1 aromatic heterocycles. The number of aryl methyl sites for hydroxylation is 2. The molecule has 0 aliphatic carbocycles. The molecule has 4 heteroatoms. The lowest BCUT2D eigenvalue weighted by atomic mass is 10.0. The van der Waals surface area contributed by atoms with E-state index in [4.69, 9.17) is 10.3 Å². The van der Waals surface area contributed by atoms with Gasteiger partial charge in [-0.25, -0.2) is 0 Å². The predicted octanol–water partition coefficient (Wildman–Crippen LogP) is 5.04. The quantitative estimate of drug-likeness (QED) is 0.393. The largest absolute Gasteiger partial charge is 0.398 e. The highest BCUT2D eigenvalue weighted by atomic mass is 16.5. The van der Waals surface area contributed by atoms with Crippen LogP contribution >= 0.6 is 0 Å². The molecule has 0 bridgehead atoms. The highest BCUT2D eigenvalue weighted by Crippen LogP contribution is 2.30. The van der Waals surface area contributed by atoms with E-state index in [2.05, 4.69) is 34.4 Å². The van der Waals surface area contributed by atoms with Gasteiger partial charge in [0.05, 0.1) is 0 Å². The summed E-state index contributed by atoms with van der Waals surface area (Å²) in [6.45, 7) is 0. The van der Waals surface area contributed by atoms with Crippen molar-refractivity contribution in [2.45, 2.75) is 25.7 Å². The molecule has 0 amide bonds. The van der Waals surface area contributed by atoms with Crippen LogP contribution in [0, 0.1) is 0 Å². The number of nitrogens with zero attached hydrogens (tertiary/aromatic N) is 2. The van der Waals surface area contributed by atoms with Crippen molar-refractivity contribution < 1.29 is 4.52 Å². The third kappa shape index (κ3) is 3.45. The van der Waals surface area contributed by atoms with E-state index in [0.29, 0.717) is 11.7 Å². The average molecular weight is 343 g/mol. The zero-order valence-corrected chi connectivity index (χ0v) is 14.6. The van der Waals surface area contributed by atoms with E-state index in [1.54, 1.807) is 0 Å². The summed E-state index contributed by atoms with van der Waals surface area (Å²) in [6.07, 6.45) is 4.00. The second kappa shape index (κ2) is 7.40. The molecule has 4 aromatic rings. The number of unbranched alkanes of at least 4 members (excludes halogenated alkanes) is 1. The number of hydrogen-bond acceptors (Lipinski definition) is 4. The van der Waals surface area contributed by atoms with Gasteiger partial charge >= 0.3 is 0 Å². The Morgan fingerprint density at radius 3 is 2.35 bits per heavy atom. The topological polar surface area (TPSA) is 64.9 Å². The van der Waals surface area contributed by atoms with Gasteiger partial charge in [-0.1, -0.05) is 59.8 Å². The van der Waals surface area contributed by atoms with Crippen LogP contribution in [0.5, 0.6) is 0 Å². The van der Waals surface area contributed by atoms with E-state index in [-0.39, 0.29) is 0 Å². The second-order valence-electron chi connectivity index (χ2n) is 6.45. The fourth-order valence-electron chi connectivity index (χ4n) is 3.23. The van der Waals surface area contributed by atoms with Crippen molar-refractivity contribution in [2.75, 3.05) is 5.73 Å². The molecule has 0 aliphatic heterocycles. The van der Waals surface area contributed by atoms with Gasteiger partial charge in [0.2, 0.25) is 11.7 Å². The SMILES string of the molecule is Nc1ccc(-c2noc(CCCCc3ccccc3)n2)c2ccccc12. The summed E-state index contributed by atoms with van der Waals surface area (Å²) in [5, 5.41) is 6.23. The third-order valence-electron chi connectivity index (χ3n) is 4.62. The van der Waals surface area contributed by atoms with Crippen LogP contribution in [0.2, 0.25) is 0 Å². The molecule has 0 saturated carbocycles. The predicted molar refractivity (Wildman–Crippen MR) is 105 cm³/mol. The molecule has 4 rings (SSSR count). The normalized spacial score (nSPS) is 11.1. The van der Waals surface area contributed by atoms with E-state index < -0.39 is 0 Å². The lowest BCUT2D eigenvalue weighted by molar-refractivity contribution is 0.375. The Balaban J connectivity index is 1.44. The second-order valence-corrected chi connectivity index (χ2v) is 6.45. The number of nitrogen functional groups attached to an aromatic ring is 1. The molecule has 0 fully saturated rings. The Morgan fingerprint density at radius 2 is 1.50 bits per heavy atom. The van der Waals surface area contributed by atoms with Crippen LogP contribution in [0.1, 0.15) is 24.3 Å². The van der Waals surface area contributed by atoms with Crippen molar-refractivity contribution in [3.05, 3.63) is 78.2 Å². The third-order valence-corrected chi connectivity index (χ3v) is 4.62. The van der Waals surface area contributed by atoms with Gasteiger partial charge in [0.15, 0.2) is 0 Å². The summed E-state index contributed by atoms with van der Waals surface area (Å²) < 4.78 is 5.46. The van der Waals surface area contributed by atoms with Crippen molar-refractivity contribution in [2.24, 2.45) is 0 Å². The summed E-state index contributed by atoms with van der Waals surface area (Å²) >= 11 is 0. The van der Waals surface area contributed by atoms with Gasteiger partial charge in [0, 0.05) is 23.1 Å². The number of hydrogen-bond donors (Lipinski definition) is 1. The minimum atomic E-state index is 0.624. The van der Waals surface area contributed by atoms with Gasteiger partial charge in [0.1, 0.15) is 0 Å². The molecule has 0 saturated heterocycles. The molecule has 0 radical (unpaired) electrons. The fourth-order valence-corrected chi connectivity index (χ4v) is 3.23. The summed E-state index contributed by atoms with van der Waals surface area (Å²) in [4.78, 5) is 4.59. The minimum Gasteiger partial charge on any atom is -0.398 e. The molecule has 0 aliphatic rings. The highest BCUT2D eigenvalue weighted by molar-refractivity contribution is 6.01. The molecule has 0 spiro atoms. The van der Waals surface area contributed by atoms with E-state index >= 15 is 0 Å². The van der Waals surface area contributed by atoms with Gasteiger partial charge in [-0.15, -0.1) is 0 Å². The van der Waals surface area contributed by atoms with E-state index in [0.717, 1.165) is 47.7 Å². The average Bonchev–Trinajstić information content (AvgIpc) is 3.15. The number of rotatable bonds is 6. The molecule has 1 heterocycles. The maximum atomic E-state index is 6.07. The minimum absolute atomic E-state index is 0.624. The van der Waals surface area contributed by atoms with Gasteiger partial charge in [-0.3, -0.25) is 0 Å². The number of fused-ring (bicyclic) bond motifs is 1. The van der Waals surface area contributed by atoms with Crippen LogP contribution in [0.15, 0.2) is 71.3 Å². The molecule has 0 atom stereocenters. The molecule has 3 aromatic carbocycles. The summed E-state index contributed by atoms with van der Waals surface area (Å²) in [5.41, 5.74) is 9.15. The lowest BCUT2D eigenvalue weighted by Crippen LogP contribution is -1.91. The molecular weight excluding hydrogens is 322 g/mol. The Morgan fingerprint density at radius 1 is 0.769 bits per heavy atom. The van der Waals surface area contributed by atoms with Crippen LogP contribution in [-0.4, -0.2) is 10.1 Å². The van der Waals surface area contributed by atoms with Crippen LogP contribution in [0.25, 0.3) is 22.2 Å². The highest BCUT2D eigenvalue weighted by Gasteiger charge is 2.12. The van der Waals surface area contributed by atoms with Crippen molar-refractivity contribution in [1.82, 2.24) is 10.1 Å². The van der Waals surface area contributed by atoms with Gasteiger partial charge < -0.3 is 10.3 Å². The number of benzene rings is 3. The lowest BCUT2D eigenvalue weighted by Gasteiger charge is -2.05. The van der Waals surface area contributed by atoms with Crippen molar-refractivity contribution in [3.63, 3.8) is 0 Å². The maximum Gasteiger partial charge on any atom is 0.226 e. The Labute approximate surface area is 152 Å². The molecule has 26 heavy (non-hydrogen) atoms. The maximum absolute atomic E-state index is 6.07. The Bertz CT molecular complexity index is 1010. The van der Waals surface area contributed by atoms with Crippen molar-refractivity contribution in [3.8, 4) is 11.4 Å². The van der Waals surface area contributed by atoms with E-state index in [9.17, 15) is 0 Å². The van der Waals surface area contributed by atoms with E-state index in [1.807, 2.05) is 42.5 Å². The Hall–Kier alpha value is -3.14.